The van der Waals surface area contributed by atoms with Crippen LogP contribution >= 0.6 is 0 Å². The lowest BCUT2D eigenvalue weighted by Crippen LogP contribution is -2.51. The van der Waals surface area contributed by atoms with Gasteiger partial charge in [0.2, 0.25) is 11.8 Å². The Morgan fingerprint density at radius 3 is 2.57 bits per heavy atom. The van der Waals surface area contributed by atoms with Crippen LogP contribution in [0.2, 0.25) is 0 Å². The van der Waals surface area contributed by atoms with Crippen LogP contribution in [0.1, 0.15) is 49.8 Å². The molecular weight excluding hydrogens is 682 g/mol. The predicted molar refractivity (Wildman–Crippen MR) is 186 cm³/mol. The number of alkyl halides is 1. The van der Waals surface area contributed by atoms with Crippen molar-refractivity contribution in [3.63, 3.8) is 0 Å². The minimum Gasteiger partial charge on any atom is -0.444 e. The van der Waals surface area contributed by atoms with Crippen molar-refractivity contribution in [2.45, 2.75) is 70.4 Å². The van der Waals surface area contributed by atoms with Crippen molar-refractivity contribution in [3.05, 3.63) is 89.3 Å². The van der Waals surface area contributed by atoms with Gasteiger partial charge in [-0.15, -0.1) is 0 Å². The smallest absolute Gasteiger partial charge is 0.410 e. The van der Waals surface area contributed by atoms with Crippen LogP contribution in [0.3, 0.4) is 0 Å². The maximum Gasteiger partial charge on any atom is 0.410 e. The SMILES string of the molecule is Cc1cc(CS(=O)(=O)Cc2c(F)ccc3c(Oc4ncccc4-c4ccnc(N[C@H]5C[C@H](F)CN(C(=O)OC(C)(C)C)C5)n4)c(C)ccc23)no1. The molecule has 268 valence electrons. The number of ether oxygens (including phenoxy) is 2. The summed E-state index contributed by atoms with van der Waals surface area (Å²) in [4.78, 5) is 27.4. The van der Waals surface area contributed by atoms with Crippen molar-refractivity contribution in [2.75, 3.05) is 18.4 Å². The molecule has 1 amide bonds. The Morgan fingerprint density at radius 1 is 1.04 bits per heavy atom. The number of nitrogens with one attached hydrogen (secondary N) is 1. The summed E-state index contributed by atoms with van der Waals surface area (Å²) in [5.74, 6) is -0.380. The second kappa shape index (κ2) is 14.2. The number of fused-ring (bicyclic) bond motifs is 1. The highest BCUT2D eigenvalue weighted by molar-refractivity contribution is 7.89. The number of pyridine rings is 1. The van der Waals surface area contributed by atoms with Gasteiger partial charge in [0.05, 0.1) is 35.0 Å². The highest BCUT2D eigenvalue weighted by atomic mass is 32.2. The predicted octanol–water partition coefficient (Wildman–Crippen LogP) is 7.10. The van der Waals surface area contributed by atoms with Crippen LogP contribution < -0.4 is 10.1 Å². The Balaban J connectivity index is 1.26. The van der Waals surface area contributed by atoms with Gasteiger partial charge in [-0.3, -0.25) is 0 Å². The van der Waals surface area contributed by atoms with Gasteiger partial charge in [-0.05, 0) is 75.9 Å². The molecule has 2 atom stereocenters. The van der Waals surface area contributed by atoms with Crippen molar-refractivity contribution in [2.24, 2.45) is 0 Å². The molecule has 15 heteroatoms. The maximum atomic E-state index is 15.3. The summed E-state index contributed by atoms with van der Waals surface area (Å²) in [6.07, 6.45) is 1.39. The van der Waals surface area contributed by atoms with Crippen LogP contribution in [-0.2, 0) is 26.1 Å². The fourth-order valence-corrected chi connectivity index (χ4v) is 7.35. The minimum atomic E-state index is -3.83. The summed E-state index contributed by atoms with van der Waals surface area (Å²) in [5.41, 5.74) is 1.20. The van der Waals surface area contributed by atoms with Gasteiger partial charge in [-0.2, -0.15) is 0 Å². The lowest BCUT2D eigenvalue weighted by Gasteiger charge is -2.36. The van der Waals surface area contributed by atoms with Gasteiger partial charge in [0.15, 0.2) is 9.84 Å². The van der Waals surface area contributed by atoms with Crippen molar-refractivity contribution < 1.29 is 36.0 Å². The van der Waals surface area contributed by atoms with E-state index in [2.05, 4.69) is 25.4 Å². The number of halogens is 2. The molecule has 5 aromatic rings. The lowest BCUT2D eigenvalue weighted by molar-refractivity contribution is 0.0124. The molecule has 1 aliphatic rings. The summed E-state index contributed by atoms with van der Waals surface area (Å²) in [6, 6.07) is 12.4. The monoisotopic (exact) mass is 720 g/mol. The number of nitrogens with zero attached hydrogens (tertiary/aromatic N) is 5. The average molecular weight is 721 g/mol. The third-order valence-corrected chi connectivity index (χ3v) is 9.56. The van der Waals surface area contributed by atoms with Crippen molar-refractivity contribution in [1.29, 1.82) is 0 Å². The Kier molecular flexibility index (Phi) is 9.93. The summed E-state index contributed by atoms with van der Waals surface area (Å²) in [5, 5.41) is 7.79. The zero-order valence-corrected chi connectivity index (χ0v) is 29.6. The van der Waals surface area contributed by atoms with Gasteiger partial charge in [-0.25, -0.2) is 36.9 Å². The molecule has 12 nitrogen and oxygen atoms in total. The van der Waals surface area contributed by atoms with E-state index in [1.165, 1.54) is 17.0 Å². The molecule has 0 saturated carbocycles. The van der Waals surface area contributed by atoms with Gasteiger partial charge in [0, 0.05) is 48.4 Å². The molecular formula is C36H38F2N6O6S. The van der Waals surface area contributed by atoms with Gasteiger partial charge in [0.25, 0.3) is 0 Å². The molecule has 1 N–H and O–H groups in total. The van der Waals surface area contributed by atoms with E-state index in [0.717, 1.165) is 0 Å². The molecule has 0 bridgehead atoms. The Morgan fingerprint density at radius 2 is 1.82 bits per heavy atom. The van der Waals surface area contributed by atoms with Gasteiger partial charge in [-0.1, -0.05) is 17.3 Å². The van der Waals surface area contributed by atoms with Gasteiger partial charge in [0.1, 0.15) is 29.1 Å². The molecule has 4 heterocycles. The third-order valence-electron chi connectivity index (χ3n) is 8.10. The maximum absolute atomic E-state index is 15.3. The number of aryl methyl sites for hydroxylation is 2. The van der Waals surface area contributed by atoms with E-state index in [4.69, 9.17) is 14.0 Å². The Labute approximate surface area is 294 Å². The number of carbonyl (C=O) groups is 1. The largest absolute Gasteiger partial charge is 0.444 e. The second-order valence-electron chi connectivity index (χ2n) is 13.6. The third kappa shape index (κ3) is 8.59. The molecule has 0 aliphatic carbocycles. The molecule has 51 heavy (non-hydrogen) atoms. The highest BCUT2D eigenvalue weighted by Gasteiger charge is 2.33. The molecule has 2 aromatic carbocycles. The quantitative estimate of drug-likeness (QED) is 0.166. The van der Waals surface area contributed by atoms with E-state index in [1.807, 2.05) is 6.92 Å². The molecule has 1 aliphatic heterocycles. The zero-order chi connectivity index (χ0) is 36.5. The molecule has 0 spiro atoms. The number of piperidine rings is 1. The van der Waals surface area contributed by atoms with Crippen molar-refractivity contribution in [1.82, 2.24) is 25.0 Å². The van der Waals surface area contributed by atoms with Crippen LogP contribution in [-0.4, -0.2) is 70.4 Å². The number of hydrogen-bond acceptors (Lipinski definition) is 11. The number of carbonyl (C=O) groups excluding carboxylic acids is 1. The Bertz CT molecular complexity index is 2190. The van der Waals surface area contributed by atoms with E-state index in [1.54, 1.807) is 76.5 Å². The molecule has 0 unspecified atom stereocenters. The number of likely N-dealkylation sites (tertiary alicyclic amines) is 1. The van der Waals surface area contributed by atoms with E-state index < -0.39 is 51.1 Å². The van der Waals surface area contributed by atoms with E-state index >= 15 is 4.39 Å². The van der Waals surface area contributed by atoms with Gasteiger partial charge < -0.3 is 24.2 Å². The first-order valence-corrected chi connectivity index (χ1v) is 18.1. The summed E-state index contributed by atoms with van der Waals surface area (Å²) >= 11 is 0. The first-order chi connectivity index (χ1) is 24.1. The molecule has 6 rings (SSSR count). The number of hydrogen-bond donors (Lipinski definition) is 1. The summed E-state index contributed by atoms with van der Waals surface area (Å²) in [7, 11) is -3.83. The Hall–Kier alpha value is -5.18. The fourth-order valence-electron chi connectivity index (χ4n) is 5.93. The topological polar surface area (TPSA) is 150 Å². The van der Waals surface area contributed by atoms with Crippen molar-refractivity contribution in [3.8, 4) is 22.9 Å². The lowest BCUT2D eigenvalue weighted by atomic mass is 10.0. The molecule has 1 saturated heterocycles. The normalized spacial score (nSPS) is 16.6. The number of anilines is 1. The summed E-state index contributed by atoms with van der Waals surface area (Å²) in [6.45, 7) is 8.87. The standard InChI is InChI=1S/C36H38F2N6O6S/c1-21-8-9-26-27(10-11-30(38)29(26)20-51(46,47)19-25-15-22(2)50-43-25)32(21)48-33-28(7-6-13-39-33)31-12-14-40-34(42-31)41-24-16-23(37)17-44(18-24)35(45)49-36(3,4)5/h6-15,23-24H,16-20H2,1-5H3,(H,40,41,42)/t23-,24-/m0/s1. The van der Waals surface area contributed by atoms with Crippen molar-refractivity contribution >= 4 is 32.7 Å². The fraction of sp³-hybridized carbons (Fsp3) is 0.361. The molecule has 3 aromatic heterocycles. The first kappa shape index (κ1) is 35.6. The van der Waals surface area contributed by atoms with Gasteiger partial charge >= 0.3 is 6.09 Å². The van der Waals surface area contributed by atoms with E-state index in [0.29, 0.717) is 39.1 Å². The number of benzene rings is 2. The van der Waals surface area contributed by atoms with E-state index in [-0.39, 0.29) is 42.6 Å². The first-order valence-electron chi connectivity index (χ1n) is 16.3. The highest BCUT2D eigenvalue weighted by Crippen LogP contribution is 2.38. The minimum absolute atomic E-state index is 0.00814. The van der Waals surface area contributed by atoms with Crippen LogP contribution in [0.4, 0.5) is 19.5 Å². The van der Waals surface area contributed by atoms with E-state index in [9.17, 15) is 17.6 Å². The number of sulfone groups is 1. The molecule has 0 radical (unpaired) electrons. The van der Waals surface area contributed by atoms with Crippen LogP contribution in [0, 0.1) is 19.7 Å². The van der Waals surface area contributed by atoms with Crippen LogP contribution in [0.15, 0.2) is 65.4 Å². The molecule has 1 fully saturated rings. The number of rotatable bonds is 9. The zero-order valence-electron chi connectivity index (χ0n) is 28.8. The second-order valence-corrected chi connectivity index (χ2v) is 15.6. The number of aromatic nitrogens is 4. The number of amides is 1. The van der Waals surface area contributed by atoms with Crippen LogP contribution in [0.5, 0.6) is 11.6 Å². The van der Waals surface area contributed by atoms with Crippen LogP contribution in [0.25, 0.3) is 22.0 Å². The summed E-state index contributed by atoms with van der Waals surface area (Å²) < 4.78 is 73.1. The average Bonchev–Trinajstić information content (AvgIpc) is 3.46.